The Bertz CT molecular complexity index is 673. The smallest absolute Gasteiger partial charge is 0.354 e. The number of nitrogens with zero attached hydrogens (tertiary/aromatic N) is 1. The van der Waals surface area contributed by atoms with Crippen LogP contribution < -0.4 is 5.32 Å². The van der Waals surface area contributed by atoms with Crippen molar-refractivity contribution in [2.75, 3.05) is 17.3 Å². The SMILES string of the molecule is CC(CS(C)=O)Nc1nc(C(=O)O)cc2ccccc12. The molecule has 5 nitrogen and oxygen atoms in total. The van der Waals surface area contributed by atoms with Crippen molar-refractivity contribution >= 4 is 33.4 Å². The first-order chi connectivity index (χ1) is 9.47. The van der Waals surface area contributed by atoms with Gasteiger partial charge in [0.15, 0.2) is 5.69 Å². The van der Waals surface area contributed by atoms with E-state index in [2.05, 4.69) is 10.3 Å². The number of carbonyl (C=O) groups is 1. The maximum Gasteiger partial charge on any atom is 0.354 e. The Hall–Kier alpha value is -1.95. The van der Waals surface area contributed by atoms with Gasteiger partial charge in [-0.3, -0.25) is 4.21 Å². The second kappa shape index (κ2) is 6.00. The third kappa shape index (κ3) is 3.33. The van der Waals surface area contributed by atoms with E-state index in [9.17, 15) is 9.00 Å². The molecule has 0 aliphatic carbocycles. The molecule has 1 aromatic heterocycles. The van der Waals surface area contributed by atoms with Gasteiger partial charge in [-0.1, -0.05) is 24.3 Å². The summed E-state index contributed by atoms with van der Waals surface area (Å²) in [5.41, 5.74) is -0.00368. The van der Waals surface area contributed by atoms with Gasteiger partial charge >= 0.3 is 5.97 Å². The lowest BCUT2D eigenvalue weighted by Gasteiger charge is -2.15. The molecule has 1 aromatic carbocycles. The molecule has 0 aliphatic heterocycles. The van der Waals surface area contributed by atoms with E-state index >= 15 is 0 Å². The summed E-state index contributed by atoms with van der Waals surface area (Å²) in [6.45, 7) is 1.89. The molecule has 2 N–H and O–H groups in total. The molecular weight excluding hydrogens is 276 g/mol. The van der Waals surface area contributed by atoms with Crippen molar-refractivity contribution in [3.05, 3.63) is 36.0 Å². The Labute approximate surface area is 119 Å². The Balaban J connectivity index is 2.44. The lowest BCUT2D eigenvalue weighted by molar-refractivity contribution is 0.0691. The van der Waals surface area contributed by atoms with E-state index in [0.29, 0.717) is 11.6 Å². The van der Waals surface area contributed by atoms with Crippen LogP contribution in [0.2, 0.25) is 0 Å². The van der Waals surface area contributed by atoms with Crippen LogP contribution in [0.4, 0.5) is 5.82 Å². The highest BCUT2D eigenvalue weighted by Gasteiger charge is 2.13. The topological polar surface area (TPSA) is 79.3 Å². The molecule has 0 fully saturated rings. The normalized spacial score (nSPS) is 13.9. The van der Waals surface area contributed by atoms with Crippen LogP contribution in [0.1, 0.15) is 17.4 Å². The molecule has 2 rings (SSSR count). The van der Waals surface area contributed by atoms with Gasteiger partial charge in [0.05, 0.1) is 0 Å². The van der Waals surface area contributed by atoms with Crippen LogP contribution in [0, 0.1) is 0 Å². The zero-order valence-corrected chi connectivity index (χ0v) is 12.1. The quantitative estimate of drug-likeness (QED) is 0.882. The predicted molar refractivity (Wildman–Crippen MR) is 80.7 cm³/mol. The first-order valence-corrected chi connectivity index (χ1v) is 7.89. The van der Waals surface area contributed by atoms with Crippen molar-refractivity contribution in [1.82, 2.24) is 4.98 Å². The van der Waals surface area contributed by atoms with Gasteiger partial charge in [0.25, 0.3) is 0 Å². The number of fused-ring (bicyclic) bond motifs is 1. The van der Waals surface area contributed by atoms with Gasteiger partial charge in [0, 0.05) is 34.2 Å². The lowest BCUT2D eigenvalue weighted by Crippen LogP contribution is -2.23. The third-order valence-electron chi connectivity index (χ3n) is 2.83. The molecule has 2 unspecified atom stereocenters. The van der Waals surface area contributed by atoms with Crippen molar-refractivity contribution in [2.24, 2.45) is 0 Å². The standard InChI is InChI=1S/C14H16N2O3S/c1-9(8-20(2)19)15-13-11-6-4-3-5-10(11)7-12(16-13)14(17)18/h3-7,9H,8H2,1-2H3,(H,15,16)(H,17,18). The molecule has 106 valence electrons. The summed E-state index contributed by atoms with van der Waals surface area (Å²) in [6, 6.07) is 8.94. The number of carboxylic acids is 1. The van der Waals surface area contributed by atoms with Crippen LogP contribution >= 0.6 is 0 Å². The zero-order chi connectivity index (χ0) is 14.7. The molecule has 20 heavy (non-hydrogen) atoms. The van der Waals surface area contributed by atoms with Gasteiger partial charge in [-0.15, -0.1) is 0 Å². The number of nitrogens with one attached hydrogen (secondary N) is 1. The molecule has 2 atom stereocenters. The molecule has 0 saturated heterocycles. The highest BCUT2D eigenvalue weighted by molar-refractivity contribution is 7.84. The predicted octanol–water partition coefficient (Wildman–Crippen LogP) is 2.11. The van der Waals surface area contributed by atoms with Crippen molar-refractivity contribution in [2.45, 2.75) is 13.0 Å². The van der Waals surface area contributed by atoms with E-state index in [1.807, 2.05) is 31.2 Å². The maximum atomic E-state index is 11.2. The number of carboxylic acid groups (broad SMARTS) is 1. The molecular formula is C14H16N2O3S. The van der Waals surface area contributed by atoms with Crippen LogP contribution in [0.15, 0.2) is 30.3 Å². The highest BCUT2D eigenvalue weighted by atomic mass is 32.2. The summed E-state index contributed by atoms with van der Waals surface area (Å²) in [7, 11) is -0.924. The second-order valence-electron chi connectivity index (χ2n) is 4.67. The lowest BCUT2D eigenvalue weighted by atomic mass is 10.1. The Kier molecular flexibility index (Phi) is 4.34. The fourth-order valence-corrected chi connectivity index (χ4v) is 2.83. The zero-order valence-electron chi connectivity index (χ0n) is 11.3. The number of benzene rings is 1. The summed E-state index contributed by atoms with van der Waals surface area (Å²) in [5.74, 6) is -0.0724. The minimum atomic E-state index is -1.06. The maximum absolute atomic E-state index is 11.2. The van der Waals surface area contributed by atoms with Gasteiger partial charge < -0.3 is 10.4 Å². The minimum absolute atomic E-state index is 0.00368. The molecule has 0 radical (unpaired) electrons. The average Bonchev–Trinajstić information content (AvgIpc) is 2.37. The number of hydrogen-bond acceptors (Lipinski definition) is 4. The molecule has 0 saturated carbocycles. The molecule has 0 amide bonds. The van der Waals surface area contributed by atoms with E-state index in [-0.39, 0.29) is 11.7 Å². The van der Waals surface area contributed by atoms with Gasteiger partial charge in [0.2, 0.25) is 0 Å². The van der Waals surface area contributed by atoms with E-state index in [1.165, 1.54) is 0 Å². The first kappa shape index (κ1) is 14.5. The van der Waals surface area contributed by atoms with Crippen LogP contribution in [-0.2, 0) is 10.8 Å². The number of aromatic carboxylic acids is 1. The molecule has 6 heteroatoms. The third-order valence-corrected chi connectivity index (χ3v) is 3.80. The number of aromatic nitrogens is 1. The summed E-state index contributed by atoms with van der Waals surface area (Å²) in [4.78, 5) is 15.3. The minimum Gasteiger partial charge on any atom is -0.477 e. The first-order valence-electron chi connectivity index (χ1n) is 6.17. The summed E-state index contributed by atoms with van der Waals surface area (Å²) < 4.78 is 11.2. The number of anilines is 1. The number of pyridine rings is 1. The summed E-state index contributed by atoms with van der Waals surface area (Å²) in [5, 5.41) is 13.9. The van der Waals surface area contributed by atoms with Crippen molar-refractivity contribution < 1.29 is 14.1 Å². The van der Waals surface area contributed by atoms with Crippen molar-refractivity contribution in [3.8, 4) is 0 Å². The summed E-state index contributed by atoms with van der Waals surface area (Å²) in [6.07, 6.45) is 1.64. The van der Waals surface area contributed by atoms with Crippen LogP contribution in [0.5, 0.6) is 0 Å². The van der Waals surface area contributed by atoms with Crippen LogP contribution in [0.3, 0.4) is 0 Å². The average molecular weight is 292 g/mol. The van der Waals surface area contributed by atoms with Crippen molar-refractivity contribution in [3.63, 3.8) is 0 Å². The van der Waals surface area contributed by atoms with Gasteiger partial charge in [0.1, 0.15) is 5.82 Å². The Morgan fingerprint density at radius 3 is 2.80 bits per heavy atom. The van der Waals surface area contributed by atoms with Gasteiger partial charge in [-0.25, -0.2) is 9.78 Å². The van der Waals surface area contributed by atoms with Gasteiger partial charge in [-0.05, 0) is 18.4 Å². The highest BCUT2D eigenvalue weighted by Crippen LogP contribution is 2.23. The monoisotopic (exact) mass is 292 g/mol. The van der Waals surface area contributed by atoms with Crippen LogP contribution in [-0.4, -0.2) is 38.3 Å². The van der Waals surface area contributed by atoms with E-state index in [1.54, 1.807) is 12.3 Å². The second-order valence-corrected chi connectivity index (χ2v) is 6.15. The molecule has 0 spiro atoms. The molecule has 0 aliphatic rings. The van der Waals surface area contributed by atoms with Crippen LogP contribution in [0.25, 0.3) is 10.8 Å². The summed E-state index contributed by atoms with van der Waals surface area (Å²) >= 11 is 0. The number of hydrogen-bond donors (Lipinski definition) is 2. The van der Waals surface area contributed by atoms with Gasteiger partial charge in [-0.2, -0.15) is 0 Å². The fourth-order valence-electron chi connectivity index (χ4n) is 2.05. The molecule has 1 heterocycles. The van der Waals surface area contributed by atoms with Crippen molar-refractivity contribution in [1.29, 1.82) is 0 Å². The Morgan fingerprint density at radius 1 is 1.45 bits per heavy atom. The van der Waals surface area contributed by atoms with E-state index in [4.69, 9.17) is 5.11 Å². The Morgan fingerprint density at radius 2 is 2.15 bits per heavy atom. The fraction of sp³-hybridized carbons (Fsp3) is 0.286. The molecule has 0 bridgehead atoms. The number of rotatable bonds is 5. The largest absolute Gasteiger partial charge is 0.477 e. The van der Waals surface area contributed by atoms with E-state index < -0.39 is 16.8 Å². The van der Waals surface area contributed by atoms with E-state index in [0.717, 1.165) is 10.8 Å². The molecule has 2 aromatic rings.